The van der Waals surface area contributed by atoms with E-state index < -0.39 is 25.1 Å². The van der Waals surface area contributed by atoms with E-state index in [4.69, 9.17) is 5.84 Å². The highest BCUT2D eigenvalue weighted by atomic mass is 19.3. The topological polar surface area (TPSA) is 56.5 Å². The smallest absolute Gasteiger partial charge is 0.445 e. The second-order valence-electron chi connectivity index (χ2n) is 3.69. The summed E-state index contributed by atoms with van der Waals surface area (Å²) in [6.45, 7) is -1.30. The lowest BCUT2D eigenvalue weighted by Gasteiger charge is -2.37. The standard InChI is InChI=1S/C10H10F4N2O2/c11-4-3-9(12)10(13,14)18-8-5-6(16-15)1-2-7(8)17-9/h1-2,5,16H,3-4,15H2. The Kier molecular flexibility index (Phi) is 2.97. The molecule has 1 aliphatic rings. The normalized spacial score (nSPS) is 24.7. The fourth-order valence-electron chi connectivity index (χ4n) is 1.53. The molecule has 0 aliphatic carbocycles. The zero-order chi connectivity index (χ0) is 13.4. The molecule has 0 fully saturated rings. The van der Waals surface area contributed by atoms with E-state index in [1.54, 1.807) is 0 Å². The van der Waals surface area contributed by atoms with Gasteiger partial charge in [-0.05, 0) is 12.1 Å². The van der Waals surface area contributed by atoms with Crippen LogP contribution in [-0.4, -0.2) is 18.6 Å². The van der Waals surface area contributed by atoms with E-state index in [2.05, 4.69) is 14.9 Å². The van der Waals surface area contributed by atoms with Gasteiger partial charge in [-0.3, -0.25) is 10.2 Å². The number of hydrazine groups is 1. The molecule has 0 amide bonds. The predicted molar refractivity (Wildman–Crippen MR) is 54.9 cm³/mol. The van der Waals surface area contributed by atoms with Gasteiger partial charge in [0.05, 0.1) is 18.8 Å². The number of alkyl halides is 4. The van der Waals surface area contributed by atoms with Crippen LogP contribution >= 0.6 is 0 Å². The average Bonchev–Trinajstić information content (AvgIpc) is 2.30. The van der Waals surface area contributed by atoms with Crippen LogP contribution in [0.2, 0.25) is 0 Å². The van der Waals surface area contributed by atoms with Crippen molar-refractivity contribution in [3.05, 3.63) is 18.2 Å². The number of hydrogen-bond acceptors (Lipinski definition) is 4. The molecule has 0 saturated heterocycles. The molecular weight excluding hydrogens is 256 g/mol. The van der Waals surface area contributed by atoms with Gasteiger partial charge >= 0.3 is 12.0 Å². The van der Waals surface area contributed by atoms with E-state index in [1.807, 2.05) is 0 Å². The number of rotatable bonds is 3. The molecule has 0 bridgehead atoms. The van der Waals surface area contributed by atoms with Crippen LogP contribution in [0.3, 0.4) is 0 Å². The van der Waals surface area contributed by atoms with E-state index >= 15 is 0 Å². The number of nitrogens with two attached hydrogens (primary N) is 1. The Balaban J connectivity index is 2.39. The number of halogens is 4. The molecule has 1 unspecified atom stereocenters. The molecule has 0 spiro atoms. The Morgan fingerprint density at radius 2 is 1.89 bits per heavy atom. The number of hydrogen-bond donors (Lipinski definition) is 2. The van der Waals surface area contributed by atoms with Gasteiger partial charge in [-0.1, -0.05) is 0 Å². The summed E-state index contributed by atoms with van der Waals surface area (Å²) >= 11 is 0. The molecule has 4 nitrogen and oxygen atoms in total. The third-order valence-electron chi connectivity index (χ3n) is 2.47. The number of anilines is 1. The van der Waals surface area contributed by atoms with E-state index in [0.29, 0.717) is 0 Å². The van der Waals surface area contributed by atoms with Gasteiger partial charge in [-0.25, -0.2) is 0 Å². The van der Waals surface area contributed by atoms with Crippen LogP contribution in [0.25, 0.3) is 0 Å². The number of nitrogens with one attached hydrogen (secondary N) is 1. The van der Waals surface area contributed by atoms with Crippen LogP contribution in [0.5, 0.6) is 11.5 Å². The van der Waals surface area contributed by atoms with Gasteiger partial charge in [0, 0.05) is 6.07 Å². The molecule has 1 aromatic rings. The average molecular weight is 266 g/mol. The van der Waals surface area contributed by atoms with Gasteiger partial charge in [0.25, 0.3) is 0 Å². The van der Waals surface area contributed by atoms with E-state index in [1.165, 1.54) is 12.1 Å². The summed E-state index contributed by atoms with van der Waals surface area (Å²) in [5.41, 5.74) is 2.50. The van der Waals surface area contributed by atoms with Crippen molar-refractivity contribution < 1.29 is 27.0 Å². The first-order valence-electron chi connectivity index (χ1n) is 5.03. The molecule has 3 N–H and O–H groups in total. The molecule has 100 valence electrons. The Morgan fingerprint density at radius 3 is 2.50 bits per heavy atom. The van der Waals surface area contributed by atoms with Gasteiger partial charge in [0.2, 0.25) is 0 Å². The lowest BCUT2D eigenvalue weighted by molar-refractivity contribution is -0.342. The molecule has 1 atom stereocenters. The van der Waals surface area contributed by atoms with E-state index in [9.17, 15) is 17.6 Å². The highest BCUT2D eigenvalue weighted by molar-refractivity contribution is 5.55. The van der Waals surface area contributed by atoms with Crippen LogP contribution in [0, 0.1) is 0 Å². The first-order chi connectivity index (χ1) is 8.42. The van der Waals surface area contributed by atoms with E-state index in [-0.39, 0.29) is 17.2 Å². The molecule has 0 aromatic heterocycles. The SMILES string of the molecule is NNc1ccc2c(c1)OC(F)(F)C(F)(CCF)O2. The molecule has 1 aromatic carbocycles. The fourth-order valence-corrected chi connectivity index (χ4v) is 1.53. The number of ether oxygens (including phenoxy) is 2. The highest BCUT2D eigenvalue weighted by Gasteiger charge is 2.63. The van der Waals surface area contributed by atoms with Crippen molar-refractivity contribution in [3.8, 4) is 11.5 Å². The minimum absolute atomic E-state index is 0.240. The van der Waals surface area contributed by atoms with Crippen molar-refractivity contribution in [2.75, 3.05) is 12.1 Å². The lowest BCUT2D eigenvalue weighted by Crippen LogP contribution is -2.55. The quantitative estimate of drug-likeness (QED) is 0.501. The molecule has 1 heterocycles. The van der Waals surface area contributed by atoms with Crippen LogP contribution in [-0.2, 0) is 0 Å². The zero-order valence-corrected chi connectivity index (χ0v) is 9.05. The number of nitrogen functional groups attached to an aromatic ring is 1. The van der Waals surface area contributed by atoms with Gasteiger partial charge in [-0.2, -0.15) is 13.2 Å². The number of fused-ring (bicyclic) bond motifs is 1. The van der Waals surface area contributed by atoms with E-state index in [0.717, 1.165) is 6.07 Å². The fraction of sp³-hybridized carbons (Fsp3) is 0.400. The van der Waals surface area contributed by atoms with Gasteiger partial charge < -0.3 is 14.9 Å². The van der Waals surface area contributed by atoms with Crippen molar-refractivity contribution >= 4 is 5.69 Å². The number of benzene rings is 1. The minimum atomic E-state index is -4.28. The summed E-state index contributed by atoms with van der Waals surface area (Å²) in [6.07, 6.45) is -5.41. The van der Waals surface area contributed by atoms with Crippen LogP contribution < -0.4 is 20.7 Å². The van der Waals surface area contributed by atoms with Gasteiger partial charge in [0.1, 0.15) is 0 Å². The molecule has 18 heavy (non-hydrogen) atoms. The van der Waals surface area contributed by atoms with Crippen molar-refractivity contribution in [2.24, 2.45) is 5.84 Å². The summed E-state index contributed by atoms with van der Waals surface area (Å²) in [7, 11) is 0. The molecule has 8 heteroatoms. The van der Waals surface area contributed by atoms with Crippen molar-refractivity contribution in [1.82, 2.24) is 0 Å². The molecule has 1 aliphatic heterocycles. The molecule has 0 saturated carbocycles. The first-order valence-corrected chi connectivity index (χ1v) is 5.03. The lowest BCUT2D eigenvalue weighted by atomic mass is 10.1. The second-order valence-corrected chi connectivity index (χ2v) is 3.69. The van der Waals surface area contributed by atoms with Crippen LogP contribution in [0.4, 0.5) is 23.2 Å². The molecule has 2 rings (SSSR count). The summed E-state index contributed by atoms with van der Waals surface area (Å²) in [6, 6.07) is 3.70. The molecular formula is C10H10F4N2O2. The largest absolute Gasteiger partial charge is 0.471 e. The maximum Gasteiger partial charge on any atom is 0.471 e. The third-order valence-corrected chi connectivity index (χ3v) is 2.47. The summed E-state index contributed by atoms with van der Waals surface area (Å²) in [5.74, 6) is 0.960. The van der Waals surface area contributed by atoms with Gasteiger partial charge in [-0.15, -0.1) is 0 Å². The second kappa shape index (κ2) is 4.20. The van der Waals surface area contributed by atoms with Gasteiger partial charge in [0.15, 0.2) is 11.5 Å². The minimum Gasteiger partial charge on any atom is -0.445 e. The maximum absolute atomic E-state index is 13.8. The predicted octanol–water partition coefficient (Wildman–Crippen LogP) is 2.36. The highest BCUT2D eigenvalue weighted by Crippen LogP contribution is 2.48. The van der Waals surface area contributed by atoms with Crippen molar-refractivity contribution in [3.63, 3.8) is 0 Å². The monoisotopic (exact) mass is 266 g/mol. The van der Waals surface area contributed by atoms with Crippen molar-refractivity contribution in [2.45, 2.75) is 18.4 Å². The molecule has 0 radical (unpaired) electrons. The Bertz CT molecular complexity index is 458. The van der Waals surface area contributed by atoms with Crippen LogP contribution in [0.1, 0.15) is 6.42 Å². The summed E-state index contributed by atoms with van der Waals surface area (Å²) in [5, 5.41) is 0. The Labute approximate surface area is 99.6 Å². The summed E-state index contributed by atoms with van der Waals surface area (Å²) in [4.78, 5) is 0. The first kappa shape index (κ1) is 12.7. The van der Waals surface area contributed by atoms with Crippen LogP contribution in [0.15, 0.2) is 18.2 Å². The Morgan fingerprint density at radius 1 is 1.17 bits per heavy atom. The third kappa shape index (κ3) is 1.92. The van der Waals surface area contributed by atoms with Crippen molar-refractivity contribution in [1.29, 1.82) is 0 Å². The maximum atomic E-state index is 13.8. The zero-order valence-electron chi connectivity index (χ0n) is 9.05. The Hall–Kier alpha value is -1.70. The summed E-state index contributed by atoms with van der Waals surface area (Å²) < 4.78 is 61.5.